The predicted octanol–water partition coefficient (Wildman–Crippen LogP) is 1.86. The molecule has 1 rings (SSSR count). The molecule has 6 heteroatoms. The molecule has 0 bridgehead atoms. The molecule has 1 aliphatic heterocycles. The fourth-order valence-electron chi connectivity index (χ4n) is 0.782. The Morgan fingerprint density at radius 2 is 1.83 bits per heavy atom. The van der Waals surface area contributed by atoms with Crippen molar-refractivity contribution in [1.29, 1.82) is 0 Å². The molecule has 0 radical (unpaired) electrons. The molecular weight excluding hydrogens is 177 g/mol. The van der Waals surface area contributed by atoms with Crippen molar-refractivity contribution < 1.29 is 27.4 Å². The topological polar surface area (TPSA) is 35.5 Å². The average Bonchev–Trinajstić information content (AvgIpc) is 2.02. The molecule has 12 heavy (non-hydrogen) atoms. The Labute approximate surface area is 66.4 Å². The first-order chi connectivity index (χ1) is 5.29. The zero-order chi connectivity index (χ0) is 9.57. The first-order valence-electron chi connectivity index (χ1n) is 3.18. The maximum Gasteiger partial charge on any atom is 0.512 e. The van der Waals surface area contributed by atoms with E-state index in [0.717, 1.165) is 13.8 Å². The van der Waals surface area contributed by atoms with E-state index in [1.807, 2.05) is 0 Å². The van der Waals surface area contributed by atoms with E-state index in [4.69, 9.17) is 0 Å². The van der Waals surface area contributed by atoms with Crippen LogP contribution >= 0.6 is 0 Å². The molecule has 0 aromatic heterocycles. The standard InChI is InChI=1S/C6H7F3O3/c1-5(3(7)8)6(2,9)12-4(10)11-5/h3H,1-2H3. The normalized spacial score (nSPS) is 41.3. The highest BCUT2D eigenvalue weighted by Gasteiger charge is 2.64. The number of rotatable bonds is 1. The van der Waals surface area contributed by atoms with Gasteiger partial charge in [0.15, 0.2) is 0 Å². The van der Waals surface area contributed by atoms with Crippen LogP contribution in [0.3, 0.4) is 0 Å². The van der Waals surface area contributed by atoms with Crippen molar-refractivity contribution in [3.8, 4) is 0 Å². The van der Waals surface area contributed by atoms with E-state index < -0.39 is 24.0 Å². The first-order valence-corrected chi connectivity index (χ1v) is 3.18. The highest BCUT2D eigenvalue weighted by molar-refractivity contribution is 5.64. The maximum absolute atomic E-state index is 13.1. The van der Waals surface area contributed by atoms with E-state index in [9.17, 15) is 18.0 Å². The monoisotopic (exact) mass is 184 g/mol. The molecule has 1 aliphatic rings. The van der Waals surface area contributed by atoms with Crippen molar-refractivity contribution in [2.45, 2.75) is 31.7 Å². The smallest absolute Gasteiger partial charge is 0.414 e. The van der Waals surface area contributed by atoms with Gasteiger partial charge in [-0.2, -0.15) is 4.39 Å². The van der Waals surface area contributed by atoms with Crippen LogP contribution < -0.4 is 0 Å². The second kappa shape index (κ2) is 2.27. The molecule has 1 fully saturated rings. The Kier molecular flexibility index (Phi) is 1.73. The summed E-state index contributed by atoms with van der Waals surface area (Å²) in [5, 5.41) is 0. The minimum absolute atomic E-state index is 0.726. The van der Waals surface area contributed by atoms with Crippen LogP contribution in [0.2, 0.25) is 0 Å². The summed E-state index contributed by atoms with van der Waals surface area (Å²) in [5.74, 6) is -2.78. The lowest BCUT2D eigenvalue weighted by Crippen LogP contribution is -2.49. The lowest BCUT2D eigenvalue weighted by Gasteiger charge is -2.27. The average molecular weight is 184 g/mol. The zero-order valence-corrected chi connectivity index (χ0v) is 6.44. The summed E-state index contributed by atoms with van der Waals surface area (Å²) in [4.78, 5) is 10.4. The Bertz CT molecular complexity index is 216. The van der Waals surface area contributed by atoms with Gasteiger partial charge in [0.1, 0.15) is 0 Å². The summed E-state index contributed by atoms with van der Waals surface area (Å²) in [7, 11) is 0. The van der Waals surface area contributed by atoms with Crippen LogP contribution in [0.5, 0.6) is 0 Å². The third kappa shape index (κ3) is 1.02. The van der Waals surface area contributed by atoms with Gasteiger partial charge in [-0.15, -0.1) is 0 Å². The molecule has 0 aliphatic carbocycles. The summed E-state index contributed by atoms with van der Waals surface area (Å²) >= 11 is 0. The Hall–Kier alpha value is -0.940. The van der Waals surface area contributed by atoms with Crippen molar-refractivity contribution in [3.05, 3.63) is 0 Å². The number of ether oxygens (including phenoxy) is 2. The molecule has 0 aromatic carbocycles. The summed E-state index contributed by atoms with van der Waals surface area (Å²) in [6.07, 6.45) is -4.54. The van der Waals surface area contributed by atoms with Crippen molar-refractivity contribution in [2.75, 3.05) is 0 Å². The van der Waals surface area contributed by atoms with E-state index >= 15 is 0 Å². The van der Waals surface area contributed by atoms with Gasteiger partial charge < -0.3 is 9.47 Å². The Morgan fingerprint density at radius 1 is 1.33 bits per heavy atom. The summed E-state index contributed by atoms with van der Waals surface area (Å²) in [6, 6.07) is 0. The van der Waals surface area contributed by atoms with E-state index in [1.165, 1.54) is 0 Å². The molecule has 1 heterocycles. The highest BCUT2D eigenvalue weighted by atomic mass is 19.3. The predicted molar refractivity (Wildman–Crippen MR) is 31.5 cm³/mol. The number of carbonyl (C=O) groups excluding carboxylic acids is 1. The second-order valence-corrected chi connectivity index (χ2v) is 2.78. The summed E-state index contributed by atoms with van der Waals surface area (Å²) in [6.45, 7) is 1.51. The molecule has 70 valence electrons. The number of hydrogen-bond acceptors (Lipinski definition) is 3. The fourth-order valence-corrected chi connectivity index (χ4v) is 0.782. The lowest BCUT2D eigenvalue weighted by atomic mass is 9.99. The molecule has 0 spiro atoms. The van der Waals surface area contributed by atoms with Crippen molar-refractivity contribution >= 4 is 6.16 Å². The van der Waals surface area contributed by atoms with Crippen LogP contribution in [0.4, 0.5) is 18.0 Å². The SMILES string of the molecule is CC1(F)OC(=O)OC1(C)C(F)F. The largest absolute Gasteiger partial charge is 0.512 e. The fraction of sp³-hybridized carbons (Fsp3) is 0.833. The van der Waals surface area contributed by atoms with Crippen LogP contribution in [0.1, 0.15) is 13.8 Å². The number of carbonyl (C=O) groups is 1. The van der Waals surface area contributed by atoms with Gasteiger partial charge in [0.05, 0.1) is 0 Å². The van der Waals surface area contributed by atoms with E-state index in [2.05, 4.69) is 9.47 Å². The van der Waals surface area contributed by atoms with E-state index in [-0.39, 0.29) is 0 Å². The van der Waals surface area contributed by atoms with E-state index in [1.54, 1.807) is 0 Å². The maximum atomic E-state index is 13.1. The first kappa shape index (κ1) is 9.15. The lowest BCUT2D eigenvalue weighted by molar-refractivity contribution is -0.182. The molecule has 3 nitrogen and oxygen atoms in total. The highest BCUT2D eigenvalue weighted by Crippen LogP contribution is 2.41. The van der Waals surface area contributed by atoms with Crippen molar-refractivity contribution in [1.82, 2.24) is 0 Å². The van der Waals surface area contributed by atoms with Gasteiger partial charge in [-0.05, 0) is 6.92 Å². The van der Waals surface area contributed by atoms with Gasteiger partial charge in [-0.25, -0.2) is 13.6 Å². The number of halogens is 3. The van der Waals surface area contributed by atoms with Gasteiger partial charge in [-0.3, -0.25) is 0 Å². The molecule has 2 unspecified atom stereocenters. The number of alkyl halides is 3. The quantitative estimate of drug-likeness (QED) is 0.583. The van der Waals surface area contributed by atoms with E-state index in [0.29, 0.717) is 0 Å². The summed E-state index contributed by atoms with van der Waals surface area (Å²) in [5.41, 5.74) is -2.51. The van der Waals surface area contributed by atoms with Crippen molar-refractivity contribution in [3.63, 3.8) is 0 Å². The molecule has 0 amide bonds. The van der Waals surface area contributed by atoms with Gasteiger partial charge in [0.2, 0.25) is 5.60 Å². The minimum Gasteiger partial charge on any atom is -0.414 e. The van der Waals surface area contributed by atoms with Crippen LogP contribution in [0.25, 0.3) is 0 Å². The van der Waals surface area contributed by atoms with Gasteiger partial charge in [-0.1, -0.05) is 0 Å². The van der Waals surface area contributed by atoms with Crippen molar-refractivity contribution in [2.24, 2.45) is 0 Å². The third-order valence-electron chi connectivity index (χ3n) is 1.87. The third-order valence-corrected chi connectivity index (χ3v) is 1.87. The van der Waals surface area contributed by atoms with Gasteiger partial charge in [0, 0.05) is 6.92 Å². The zero-order valence-electron chi connectivity index (χ0n) is 6.44. The molecule has 0 saturated carbocycles. The number of hydrogen-bond donors (Lipinski definition) is 0. The Balaban J connectivity index is 2.97. The summed E-state index contributed by atoms with van der Waals surface area (Å²) < 4.78 is 45.5. The molecule has 2 atom stereocenters. The molecule has 1 saturated heterocycles. The van der Waals surface area contributed by atoms with Gasteiger partial charge >= 0.3 is 6.16 Å². The molecule has 0 aromatic rings. The van der Waals surface area contributed by atoms with Crippen LogP contribution in [-0.2, 0) is 9.47 Å². The van der Waals surface area contributed by atoms with Gasteiger partial charge in [0.25, 0.3) is 12.3 Å². The number of cyclic esters (lactones) is 2. The second-order valence-electron chi connectivity index (χ2n) is 2.78. The molecular formula is C6H7F3O3. The molecule has 0 N–H and O–H groups in total. The van der Waals surface area contributed by atoms with Crippen LogP contribution in [0, 0.1) is 0 Å². The van der Waals surface area contributed by atoms with Crippen LogP contribution in [-0.4, -0.2) is 24.0 Å². The van der Waals surface area contributed by atoms with Crippen LogP contribution in [0.15, 0.2) is 0 Å². The Morgan fingerprint density at radius 3 is 2.00 bits per heavy atom. The minimum atomic E-state index is -3.13.